The lowest BCUT2D eigenvalue weighted by Crippen LogP contribution is -2.20. The fourth-order valence-corrected chi connectivity index (χ4v) is 2.13. The maximum absolute atomic E-state index is 11.8. The van der Waals surface area contributed by atoms with Crippen molar-refractivity contribution in [3.05, 3.63) is 59.6 Å². The van der Waals surface area contributed by atoms with Crippen LogP contribution in [0.1, 0.15) is 37.9 Å². The minimum absolute atomic E-state index is 0.0525. The van der Waals surface area contributed by atoms with E-state index in [1.54, 1.807) is 12.1 Å². The standard InChI is InChI=1S/C20H23NO4/c1-14-5-10-17(25-14)11-12-19(23)24-13-18(22)21-16-8-6-15(7-9-16)20(2,3)4/h5-12H,13H2,1-4H3,(H,21,22)/b12-11+. The second kappa shape index (κ2) is 7.83. The lowest BCUT2D eigenvalue weighted by Gasteiger charge is -2.19. The van der Waals surface area contributed by atoms with Crippen LogP contribution in [0.2, 0.25) is 0 Å². The molecule has 0 bridgehead atoms. The first-order valence-electron chi connectivity index (χ1n) is 8.06. The molecule has 5 heteroatoms. The molecule has 1 N–H and O–H groups in total. The number of ether oxygens (including phenoxy) is 1. The molecule has 1 heterocycles. The molecule has 0 saturated carbocycles. The summed E-state index contributed by atoms with van der Waals surface area (Å²) in [4.78, 5) is 23.4. The van der Waals surface area contributed by atoms with Gasteiger partial charge in [-0.1, -0.05) is 32.9 Å². The predicted molar refractivity (Wildman–Crippen MR) is 97.2 cm³/mol. The number of amides is 1. The average molecular weight is 341 g/mol. The van der Waals surface area contributed by atoms with Crippen LogP contribution in [0, 0.1) is 6.92 Å². The number of furan rings is 1. The molecule has 1 aromatic carbocycles. The molecule has 0 saturated heterocycles. The lowest BCUT2D eigenvalue weighted by molar-refractivity contribution is -0.142. The molecule has 0 fully saturated rings. The molecule has 1 aromatic heterocycles. The molecular weight excluding hydrogens is 318 g/mol. The zero-order valence-electron chi connectivity index (χ0n) is 15.0. The Morgan fingerprint density at radius 1 is 1.12 bits per heavy atom. The highest BCUT2D eigenvalue weighted by Gasteiger charge is 2.13. The minimum atomic E-state index is -0.604. The molecule has 1 amide bonds. The number of carbonyl (C=O) groups excluding carboxylic acids is 2. The van der Waals surface area contributed by atoms with E-state index in [2.05, 4.69) is 26.1 Å². The SMILES string of the molecule is Cc1ccc(/C=C/C(=O)OCC(=O)Nc2ccc(C(C)(C)C)cc2)o1. The molecule has 0 spiro atoms. The van der Waals surface area contributed by atoms with Crippen LogP contribution in [-0.4, -0.2) is 18.5 Å². The van der Waals surface area contributed by atoms with Crippen molar-refractivity contribution >= 4 is 23.6 Å². The van der Waals surface area contributed by atoms with Gasteiger partial charge in [-0.05, 0) is 48.2 Å². The number of aryl methyl sites for hydroxylation is 1. The third kappa shape index (κ3) is 5.95. The summed E-state index contributed by atoms with van der Waals surface area (Å²) in [6.07, 6.45) is 2.72. The van der Waals surface area contributed by atoms with Crippen LogP contribution >= 0.6 is 0 Å². The van der Waals surface area contributed by atoms with Crippen molar-refractivity contribution in [3.8, 4) is 0 Å². The summed E-state index contributed by atoms with van der Waals surface area (Å²) in [6, 6.07) is 11.1. The molecule has 2 aromatic rings. The van der Waals surface area contributed by atoms with Gasteiger partial charge >= 0.3 is 5.97 Å². The Bertz CT molecular complexity index is 764. The zero-order chi connectivity index (χ0) is 18.4. The number of nitrogens with one attached hydrogen (secondary N) is 1. The fourth-order valence-electron chi connectivity index (χ4n) is 2.13. The maximum Gasteiger partial charge on any atom is 0.331 e. The van der Waals surface area contributed by atoms with Gasteiger partial charge in [-0.3, -0.25) is 4.79 Å². The van der Waals surface area contributed by atoms with E-state index in [4.69, 9.17) is 9.15 Å². The van der Waals surface area contributed by atoms with E-state index in [0.717, 1.165) is 5.76 Å². The van der Waals surface area contributed by atoms with Crippen LogP contribution in [-0.2, 0) is 19.7 Å². The Morgan fingerprint density at radius 2 is 1.80 bits per heavy atom. The topological polar surface area (TPSA) is 68.5 Å². The Labute approximate surface area is 147 Å². The fraction of sp³-hybridized carbons (Fsp3) is 0.300. The molecule has 0 radical (unpaired) electrons. The summed E-state index contributed by atoms with van der Waals surface area (Å²) >= 11 is 0. The Balaban J connectivity index is 1.80. The van der Waals surface area contributed by atoms with E-state index in [1.807, 2.05) is 31.2 Å². The van der Waals surface area contributed by atoms with Gasteiger partial charge in [0.2, 0.25) is 0 Å². The second-order valence-corrected chi connectivity index (χ2v) is 6.76. The van der Waals surface area contributed by atoms with E-state index in [1.165, 1.54) is 17.7 Å². The first kappa shape index (κ1) is 18.5. The van der Waals surface area contributed by atoms with E-state index >= 15 is 0 Å². The van der Waals surface area contributed by atoms with Gasteiger partial charge in [-0.2, -0.15) is 0 Å². The van der Waals surface area contributed by atoms with Crippen molar-refractivity contribution in [2.75, 3.05) is 11.9 Å². The Morgan fingerprint density at radius 3 is 2.36 bits per heavy atom. The first-order chi connectivity index (χ1) is 11.7. The van der Waals surface area contributed by atoms with Gasteiger partial charge in [0.1, 0.15) is 11.5 Å². The van der Waals surface area contributed by atoms with E-state index in [9.17, 15) is 9.59 Å². The highest BCUT2D eigenvalue weighted by molar-refractivity contribution is 5.94. The van der Waals surface area contributed by atoms with Gasteiger partial charge in [0, 0.05) is 11.8 Å². The van der Waals surface area contributed by atoms with Crippen molar-refractivity contribution < 1.29 is 18.7 Å². The Kier molecular flexibility index (Phi) is 5.80. The second-order valence-electron chi connectivity index (χ2n) is 6.76. The number of anilines is 1. The summed E-state index contributed by atoms with van der Waals surface area (Å²) in [6.45, 7) is 7.84. The highest BCUT2D eigenvalue weighted by atomic mass is 16.5. The van der Waals surface area contributed by atoms with Gasteiger partial charge < -0.3 is 14.5 Å². The summed E-state index contributed by atoms with van der Waals surface area (Å²) in [5, 5.41) is 2.69. The highest BCUT2D eigenvalue weighted by Crippen LogP contribution is 2.23. The molecule has 2 rings (SSSR count). The molecule has 0 aliphatic carbocycles. The zero-order valence-corrected chi connectivity index (χ0v) is 15.0. The third-order valence-electron chi connectivity index (χ3n) is 3.53. The molecule has 0 atom stereocenters. The molecule has 5 nitrogen and oxygen atoms in total. The van der Waals surface area contributed by atoms with Crippen LogP contribution in [0.3, 0.4) is 0 Å². The van der Waals surface area contributed by atoms with Crippen molar-refractivity contribution in [1.29, 1.82) is 0 Å². The van der Waals surface area contributed by atoms with Gasteiger partial charge in [-0.15, -0.1) is 0 Å². The average Bonchev–Trinajstić information content (AvgIpc) is 2.96. The van der Waals surface area contributed by atoms with Crippen LogP contribution in [0.15, 0.2) is 46.9 Å². The van der Waals surface area contributed by atoms with Crippen LogP contribution in [0.25, 0.3) is 6.08 Å². The minimum Gasteiger partial charge on any atom is -0.462 e. The largest absolute Gasteiger partial charge is 0.462 e. The molecule has 0 aliphatic rings. The van der Waals surface area contributed by atoms with Crippen molar-refractivity contribution in [1.82, 2.24) is 0 Å². The summed E-state index contributed by atoms with van der Waals surface area (Å²) < 4.78 is 10.2. The number of rotatable bonds is 5. The van der Waals surface area contributed by atoms with Gasteiger partial charge in [0.05, 0.1) is 0 Å². The monoisotopic (exact) mass is 341 g/mol. The number of hydrogen-bond donors (Lipinski definition) is 1. The molecule has 25 heavy (non-hydrogen) atoms. The number of esters is 1. The summed E-state index contributed by atoms with van der Waals surface area (Å²) in [5.74, 6) is 0.314. The quantitative estimate of drug-likeness (QED) is 0.657. The normalized spacial score (nSPS) is 11.5. The van der Waals surface area contributed by atoms with Crippen molar-refractivity contribution in [3.63, 3.8) is 0 Å². The van der Waals surface area contributed by atoms with Gasteiger partial charge in [0.15, 0.2) is 6.61 Å². The molecule has 0 unspecified atom stereocenters. The van der Waals surface area contributed by atoms with Crippen molar-refractivity contribution in [2.24, 2.45) is 0 Å². The van der Waals surface area contributed by atoms with E-state index in [-0.39, 0.29) is 17.9 Å². The van der Waals surface area contributed by atoms with Gasteiger partial charge in [0.25, 0.3) is 5.91 Å². The van der Waals surface area contributed by atoms with Crippen LogP contribution in [0.4, 0.5) is 5.69 Å². The first-order valence-corrected chi connectivity index (χ1v) is 8.06. The Hall–Kier alpha value is -2.82. The van der Waals surface area contributed by atoms with Gasteiger partial charge in [-0.25, -0.2) is 4.79 Å². The maximum atomic E-state index is 11.8. The third-order valence-corrected chi connectivity index (χ3v) is 3.53. The smallest absolute Gasteiger partial charge is 0.331 e. The van der Waals surface area contributed by atoms with Crippen molar-refractivity contribution in [2.45, 2.75) is 33.1 Å². The van der Waals surface area contributed by atoms with E-state index < -0.39 is 5.97 Å². The summed E-state index contributed by atoms with van der Waals surface area (Å²) in [7, 11) is 0. The molecular formula is C20H23NO4. The number of hydrogen-bond acceptors (Lipinski definition) is 4. The lowest BCUT2D eigenvalue weighted by atomic mass is 9.87. The van der Waals surface area contributed by atoms with E-state index in [0.29, 0.717) is 11.4 Å². The van der Waals surface area contributed by atoms with Crippen LogP contribution in [0.5, 0.6) is 0 Å². The number of benzene rings is 1. The predicted octanol–water partition coefficient (Wildman–Crippen LogP) is 4.08. The summed E-state index contributed by atoms with van der Waals surface area (Å²) in [5.41, 5.74) is 1.89. The molecule has 0 aliphatic heterocycles. The molecule has 132 valence electrons. The number of carbonyl (C=O) groups is 2. The van der Waals surface area contributed by atoms with Crippen LogP contribution < -0.4 is 5.32 Å².